The van der Waals surface area contributed by atoms with Crippen LogP contribution in [0.5, 0.6) is 5.75 Å². The highest BCUT2D eigenvalue weighted by Gasteiger charge is 2.23. The summed E-state index contributed by atoms with van der Waals surface area (Å²) in [5.41, 5.74) is 1.66. The fourth-order valence-corrected chi connectivity index (χ4v) is 2.68. The van der Waals surface area contributed by atoms with Crippen LogP contribution in [0.3, 0.4) is 0 Å². The third-order valence-corrected chi connectivity index (χ3v) is 3.70. The SMILES string of the molecule is COc1ccc(C)cc1NC(=O)CN1CCSC1=O. The second-order valence-electron chi connectivity index (χ2n) is 4.29. The quantitative estimate of drug-likeness (QED) is 0.917. The van der Waals surface area contributed by atoms with Crippen LogP contribution in [-0.2, 0) is 4.79 Å². The Labute approximate surface area is 116 Å². The molecule has 1 saturated heterocycles. The zero-order chi connectivity index (χ0) is 13.8. The Balaban J connectivity index is 2.02. The standard InChI is InChI=1S/C13H16N2O3S/c1-9-3-4-11(18-2)10(7-9)14-12(16)8-15-5-6-19-13(15)17/h3-4,7H,5-6,8H2,1-2H3,(H,14,16). The molecule has 1 aliphatic rings. The smallest absolute Gasteiger partial charge is 0.282 e. The summed E-state index contributed by atoms with van der Waals surface area (Å²) in [6, 6.07) is 5.56. The molecule has 0 spiro atoms. The lowest BCUT2D eigenvalue weighted by molar-refractivity contribution is -0.116. The van der Waals surface area contributed by atoms with Crippen molar-refractivity contribution in [2.75, 3.05) is 31.3 Å². The third kappa shape index (κ3) is 3.41. The van der Waals surface area contributed by atoms with Crippen LogP contribution in [0, 0.1) is 6.92 Å². The molecule has 6 heteroatoms. The van der Waals surface area contributed by atoms with Gasteiger partial charge in [0, 0.05) is 12.3 Å². The van der Waals surface area contributed by atoms with Crippen molar-refractivity contribution < 1.29 is 14.3 Å². The van der Waals surface area contributed by atoms with Crippen molar-refractivity contribution in [3.8, 4) is 5.75 Å². The van der Waals surface area contributed by atoms with Crippen molar-refractivity contribution >= 4 is 28.6 Å². The van der Waals surface area contributed by atoms with Gasteiger partial charge in [-0.1, -0.05) is 17.8 Å². The second kappa shape index (κ2) is 5.97. The minimum Gasteiger partial charge on any atom is -0.495 e. The molecule has 102 valence electrons. The molecular formula is C13H16N2O3S. The van der Waals surface area contributed by atoms with Crippen molar-refractivity contribution in [3.05, 3.63) is 23.8 Å². The maximum absolute atomic E-state index is 11.9. The summed E-state index contributed by atoms with van der Waals surface area (Å²) < 4.78 is 5.19. The van der Waals surface area contributed by atoms with E-state index in [1.807, 2.05) is 25.1 Å². The summed E-state index contributed by atoms with van der Waals surface area (Å²) >= 11 is 1.25. The van der Waals surface area contributed by atoms with Crippen molar-refractivity contribution in [1.82, 2.24) is 4.90 Å². The van der Waals surface area contributed by atoms with Gasteiger partial charge in [-0.25, -0.2) is 0 Å². The highest BCUT2D eigenvalue weighted by Crippen LogP contribution is 2.25. The fourth-order valence-electron chi connectivity index (χ4n) is 1.85. The van der Waals surface area contributed by atoms with E-state index < -0.39 is 0 Å². The number of benzene rings is 1. The molecule has 1 heterocycles. The molecule has 2 amide bonds. The van der Waals surface area contributed by atoms with Crippen LogP contribution < -0.4 is 10.1 Å². The van der Waals surface area contributed by atoms with E-state index in [1.165, 1.54) is 11.8 Å². The molecule has 0 aliphatic carbocycles. The van der Waals surface area contributed by atoms with Gasteiger partial charge in [-0.2, -0.15) is 0 Å². The fraction of sp³-hybridized carbons (Fsp3) is 0.385. The van der Waals surface area contributed by atoms with Crippen molar-refractivity contribution in [3.63, 3.8) is 0 Å². The summed E-state index contributed by atoms with van der Waals surface area (Å²) in [5, 5.41) is 2.75. The van der Waals surface area contributed by atoms with Crippen LogP contribution in [0.15, 0.2) is 18.2 Å². The van der Waals surface area contributed by atoms with Crippen LogP contribution in [0.4, 0.5) is 10.5 Å². The summed E-state index contributed by atoms with van der Waals surface area (Å²) in [6.07, 6.45) is 0. The Morgan fingerprint density at radius 3 is 2.95 bits per heavy atom. The molecule has 0 atom stereocenters. The number of aryl methyl sites for hydroxylation is 1. The van der Waals surface area contributed by atoms with Crippen LogP contribution in [0.2, 0.25) is 0 Å². The number of rotatable bonds is 4. The number of anilines is 1. The molecule has 1 N–H and O–H groups in total. The van der Waals surface area contributed by atoms with E-state index in [9.17, 15) is 9.59 Å². The number of thioether (sulfide) groups is 1. The summed E-state index contributed by atoms with van der Waals surface area (Å²) in [4.78, 5) is 24.9. The minimum atomic E-state index is -0.209. The predicted molar refractivity (Wildman–Crippen MR) is 75.8 cm³/mol. The molecule has 19 heavy (non-hydrogen) atoms. The monoisotopic (exact) mass is 280 g/mol. The maximum Gasteiger partial charge on any atom is 0.282 e. The third-order valence-electron chi connectivity index (χ3n) is 2.81. The van der Waals surface area contributed by atoms with E-state index in [-0.39, 0.29) is 17.7 Å². The van der Waals surface area contributed by atoms with Gasteiger partial charge in [0.25, 0.3) is 5.24 Å². The molecule has 0 radical (unpaired) electrons. The van der Waals surface area contributed by atoms with Crippen LogP contribution >= 0.6 is 11.8 Å². The van der Waals surface area contributed by atoms with E-state index in [0.29, 0.717) is 18.0 Å². The number of amides is 2. The van der Waals surface area contributed by atoms with E-state index in [2.05, 4.69) is 5.32 Å². The van der Waals surface area contributed by atoms with Crippen molar-refractivity contribution in [2.24, 2.45) is 0 Å². The van der Waals surface area contributed by atoms with E-state index in [0.717, 1.165) is 11.3 Å². The van der Waals surface area contributed by atoms with Gasteiger partial charge in [0.2, 0.25) is 5.91 Å². The molecule has 2 rings (SSSR count). The number of carbonyl (C=O) groups is 2. The summed E-state index contributed by atoms with van der Waals surface area (Å²) in [6.45, 7) is 2.65. The molecule has 0 unspecified atom stereocenters. The summed E-state index contributed by atoms with van der Waals surface area (Å²) in [7, 11) is 1.56. The lowest BCUT2D eigenvalue weighted by atomic mass is 10.2. The molecule has 0 saturated carbocycles. The zero-order valence-corrected chi connectivity index (χ0v) is 11.8. The largest absolute Gasteiger partial charge is 0.495 e. The molecule has 0 bridgehead atoms. The Bertz CT molecular complexity index is 505. The normalized spacial score (nSPS) is 14.6. The Morgan fingerprint density at radius 2 is 2.32 bits per heavy atom. The molecule has 1 fully saturated rings. The van der Waals surface area contributed by atoms with E-state index in [4.69, 9.17) is 4.74 Å². The molecule has 0 aromatic heterocycles. The Kier molecular flexibility index (Phi) is 4.31. The average molecular weight is 280 g/mol. The molecule has 1 aromatic rings. The summed E-state index contributed by atoms with van der Waals surface area (Å²) in [5.74, 6) is 1.15. The highest BCUT2D eigenvalue weighted by atomic mass is 32.2. The number of methoxy groups -OCH3 is 1. The Morgan fingerprint density at radius 1 is 1.53 bits per heavy atom. The van der Waals surface area contributed by atoms with Gasteiger partial charge in [0.05, 0.1) is 12.8 Å². The number of hydrogen-bond acceptors (Lipinski definition) is 4. The average Bonchev–Trinajstić information content (AvgIpc) is 2.75. The van der Waals surface area contributed by atoms with E-state index in [1.54, 1.807) is 12.0 Å². The number of hydrogen-bond donors (Lipinski definition) is 1. The van der Waals surface area contributed by atoms with Gasteiger partial charge in [0.1, 0.15) is 12.3 Å². The minimum absolute atomic E-state index is 0.0358. The van der Waals surface area contributed by atoms with Crippen LogP contribution in [0.25, 0.3) is 0 Å². The molecular weight excluding hydrogens is 264 g/mol. The second-order valence-corrected chi connectivity index (χ2v) is 5.33. The predicted octanol–water partition coefficient (Wildman–Crippen LogP) is 2.11. The van der Waals surface area contributed by atoms with Crippen molar-refractivity contribution in [2.45, 2.75) is 6.92 Å². The lowest BCUT2D eigenvalue weighted by Crippen LogP contribution is -2.33. The first kappa shape index (κ1) is 13.7. The van der Waals surface area contributed by atoms with Crippen LogP contribution in [-0.4, -0.2) is 42.0 Å². The first-order chi connectivity index (χ1) is 9.10. The first-order valence-electron chi connectivity index (χ1n) is 5.96. The highest BCUT2D eigenvalue weighted by molar-refractivity contribution is 8.13. The first-order valence-corrected chi connectivity index (χ1v) is 6.95. The topological polar surface area (TPSA) is 58.6 Å². The number of carbonyl (C=O) groups excluding carboxylic acids is 2. The molecule has 1 aromatic carbocycles. The van der Waals surface area contributed by atoms with Gasteiger partial charge in [-0.15, -0.1) is 0 Å². The number of nitrogens with one attached hydrogen (secondary N) is 1. The van der Waals surface area contributed by atoms with Gasteiger partial charge in [0.15, 0.2) is 0 Å². The van der Waals surface area contributed by atoms with Crippen LogP contribution in [0.1, 0.15) is 5.56 Å². The molecule has 5 nitrogen and oxygen atoms in total. The molecule has 1 aliphatic heterocycles. The Hall–Kier alpha value is -1.69. The maximum atomic E-state index is 11.9. The zero-order valence-electron chi connectivity index (χ0n) is 10.9. The van der Waals surface area contributed by atoms with Gasteiger partial charge >= 0.3 is 0 Å². The number of nitrogens with zero attached hydrogens (tertiary/aromatic N) is 1. The van der Waals surface area contributed by atoms with Gasteiger partial charge in [-0.05, 0) is 24.6 Å². The lowest BCUT2D eigenvalue weighted by Gasteiger charge is -2.15. The van der Waals surface area contributed by atoms with Gasteiger partial charge in [-0.3, -0.25) is 9.59 Å². The van der Waals surface area contributed by atoms with Gasteiger partial charge < -0.3 is 15.0 Å². The number of ether oxygens (including phenoxy) is 1. The van der Waals surface area contributed by atoms with E-state index >= 15 is 0 Å². The van der Waals surface area contributed by atoms with Crippen molar-refractivity contribution in [1.29, 1.82) is 0 Å².